The summed E-state index contributed by atoms with van der Waals surface area (Å²) < 4.78 is 76.9. The van der Waals surface area contributed by atoms with Gasteiger partial charge in [-0.25, -0.2) is 9.59 Å². The predicted molar refractivity (Wildman–Crippen MR) is 238 cm³/mol. The van der Waals surface area contributed by atoms with Crippen LogP contribution in [0, 0.1) is 23.7 Å². The number of amides is 2. The molecule has 0 aromatic heterocycles. The summed E-state index contributed by atoms with van der Waals surface area (Å²) in [4.78, 5) is 151. The van der Waals surface area contributed by atoms with E-state index in [-0.39, 0.29) is 0 Å². The van der Waals surface area contributed by atoms with Crippen molar-refractivity contribution in [1.29, 1.82) is 0 Å². The van der Waals surface area contributed by atoms with Crippen LogP contribution < -0.4 is 10.6 Å². The Balaban J connectivity index is 2.68. The summed E-state index contributed by atoms with van der Waals surface area (Å²) in [5.41, 5.74) is 0. The number of rotatable bonds is 22. The fourth-order valence-corrected chi connectivity index (χ4v) is 7.56. The SMILES string of the molecule is COC(=O)[C@]1(OCC#CC#CCO[C@@]2(C(=O)OC)C[C@H](OC(C)=O)[C@@H](NC(C)=O)[C@H]([C@H](OC(C)=O)[C@@H](COC(C)=O)OC(C)=O)O2)C[C@H](OC(C)=O)[C@@H](NC(C)=O)[C@H]([C@H](OC(C)=O)[C@@H](COC(C)=O)OC(C)=O)O1. The number of esters is 10. The van der Waals surface area contributed by atoms with Crippen molar-refractivity contribution in [3.05, 3.63) is 0 Å². The van der Waals surface area contributed by atoms with Crippen LogP contribution in [0.4, 0.5) is 0 Å². The summed E-state index contributed by atoms with van der Waals surface area (Å²) in [6, 6.07) is -2.95. The molecule has 12 atom stereocenters. The second kappa shape index (κ2) is 29.3. The molecule has 28 heteroatoms. The highest BCUT2D eigenvalue weighted by Gasteiger charge is 2.61. The fraction of sp³-hybridized carbons (Fsp3) is 0.652. The van der Waals surface area contributed by atoms with Crippen LogP contribution in [0.3, 0.4) is 0 Å². The van der Waals surface area contributed by atoms with Crippen LogP contribution in [0.25, 0.3) is 0 Å². The van der Waals surface area contributed by atoms with E-state index >= 15 is 0 Å². The number of carbonyl (C=O) groups is 12. The van der Waals surface area contributed by atoms with Crippen LogP contribution in [0.1, 0.15) is 82.1 Å². The average molecular weight is 1060 g/mol. The summed E-state index contributed by atoms with van der Waals surface area (Å²) >= 11 is 0. The zero-order chi connectivity index (χ0) is 56.1. The third-order valence-electron chi connectivity index (χ3n) is 9.98. The van der Waals surface area contributed by atoms with Crippen LogP contribution in [-0.2, 0) is 124 Å². The quantitative estimate of drug-likeness (QED) is 0.0677. The molecule has 74 heavy (non-hydrogen) atoms. The van der Waals surface area contributed by atoms with E-state index < -0.39 is 183 Å². The third kappa shape index (κ3) is 19.6. The van der Waals surface area contributed by atoms with Crippen molar-refractivity contribution >= 4 is 71.5 Å². The van der Waals surface area contributed by atoms with E-state index in [1.807, 2.05) is 0 Å². The molecule has 0 radical (unpaired) electrons. The van der Waals surface area contributed by atoms with Crippen molar-refractivity contribution in [2.45, 2.75) is 155 Å². The monoisotopic (exact) mass is 1060 g/mol. The van der Waals surface area contributed by atoms with Gasteiger partial charge in [0.25, 0.3) is 11.6 Å². The highest BCUT2D eigenvalue weighted by Crippen LogP contribution is 2.39. The molecule has 28 nitrogen and oxygen atoms in total. The minimum Gasteiger partial charge on any atom is -0.465 e. The molecule has 0 aromatic rings. The van der Waals surface area contributed by atoms with Crippen LogP contribution in [0.5, 0.6) is 0 Å². The second-order valence-electron chi connectivity index (χ2n) is 16.0. The van der Waals surface area contributed by atoms with Gasteiger partial charge < -0.3 is 76.9 Å². The van der Waals surface area contributed by atoms with E-state index in [0.717, 1.165) is 83.5 Å². The molecule has 2 saturated heterocycles. The van der Waals surface area contributed by atoms with E-state index in [1.165, 1.54) is 0 Å². The molecular weight excluding hydrogens is 996 g/mol. The lowest BCUT2D eigenvalue weighted by atomic mass is 9.88. The second-order valence-corrected chi connectivity index (χ2v) is 16.0. The van der Waals surface area contributed by atoms with Crippen molar-refractivity contribution in [3.63, 3.8) is 0 Å². The third-order valence-corrected chi connectivity index (χ3v) is 9.98. The summed E-state index contributed by atoms with van der Waals surface area (Å²) in [6.45, 7) is 7.21. The molecule has 0 spiro atoms. The number of ether oxygens (including phenoxy) is 14. The summed E-state index contributed by atoms with van der Waals surface area (Å²) in [5, 5.41) is 5.04. The topological polar surface area (TPSA) is 358 Å². The Kier molecular flexibility index (Phi) is 24.9. The van der Waals surface area contributed by atoms with Crippen molar-refractivity contribution in [2.75, 3.05) is 40.6 Å². The Labute approximate surface area is 424 Å². The van der Waals surface area contributed by atoms with E-state index in [0.29, 0.717) is 0 Å². The van der Waals surface area contributed by atoms with Crippen molar-refractivity contribution < 1.29 is 124 Å². The minimum absolute atomic E-state index is 0.700. The fourth-order valence-electron chi connectivity index (χ4n) is 7.56. The summed E-state index contributed by atoms with van der Waals surface area (Å²) in [5.74, 6) is -6.85. The number of hydrogen-bond donors (Lipinski definition) is 2. The zero-order valence-electron chi connectivity index (χ0n) is 42.6. The molecule has 410 valence electrons. The minimum atomic E-state index is -2.60. The smallest absolute Gasteiger partial charge is 0.366 e. The number of hydrogen-bond acceptors (Lipinski definition) is 26. The largest absolute Gasteiger partial charge is 0.465 e. The zero-order valence-corrected chi connectivity index (χ0v) is 42.6. The van der Waals surface area contributed by atoms with E-state index in [2.05, 4.69) is 34.3 Å². The van der Waals surface area contributed by atoms with Crippen molar-refractivity contribution in [2.24, 2.45) is 0 Å². The lowest BCUT2D eigenvalue weighted by Gasteiger charge is -2.48. The normalized spacial score (nSPS) is 24.4. The number of nitrogens with one attached hydrogen (secondary N) is 2. The van der Waals surface area contributed by atoms with E-state index in [4.69, 9.17) is 66.3 Å². The lowest BCUT2D eigenvalue weighted by Crippen LogP contribution is -2.69. The Morgan fingerprint density at radius 2 is 0.811 bits per heavy atom. The van der Waals surface area contributed by atoms with Gasteiger partial charge in [0, 0.05) is 69.2 Å². The van der Waals surface area contributed by atoms with Gasteiger partial charge in [0.05, 0.1) is 39.1 Å². The molecule has 2 aliphatic rings. The van der Waals surface area contributed by atoms with Gasteiger partial charge in [0.15, 0.2) is 24.4 Å². The number of methoxy groups -OCH3 is 2. The lowest BCUT2D eigenvalue weighted by molar-refractivity contribution is -0.311. The molecule has 2 rings (SSSR count). The van der Waals surface area contributed by atoms with Gasteiger partial charge in [0.2, 0.25) is 11.8 Å². The van der Waals surface area contributed by atoms with Crippen LogP contribution in [0.15, 0.2) is 0 Å². The summed E-state index contributed by atoms with van der Waals surface area (Å²) in [7, 11) is 1.89. The Morgan fingerprint density at radius 1 is 0.486 bits per heavy atom. The molecule has 2 aliphatic heterocycles. The molecule has 0 unspecified atom stereocenters. The van der Waals surface area contributed by atoms with Gasteiger partial charge in [-0.1, -0.05) is 11.8 Å². The van der Waals surface area contributed by atoms with E-state index in [1.54, 1.807) is 0 Å². The maximum atomic E-state index is 13.7. The summed E-state index contributed by atoms with van der Waals surface area (Å²) in [6.07, 6.45) is -15.1. The molecule has 0 aliphatic carbocycles. The Hall–Kier alpha value is -7.40. The van der Waals surface area contributed by atoms with Gasteiger partial charge in [-0.05, 0) is 11.8 Å². The van der Waals surface area contributed by atoms with Gasteiger partial charge in [-0.15, -0.1) is 0 Å². The van der Waals surface area contributed by atoms with Gasteiger partial charge >= 0.3 is 59.7 Å². The first-order chi connectivity index (χ1) is 34.6. The Bertz CT molecular complexity index is 2090. The van der Waals surface area contributed by atoms with Gasteiger partial charge in [0.1, 0.15) is 50.8 Å². The molecule has 0 aromatic carbocycles. The Morgan fingerprint density at radius 3 is 1.07 bits per heavy atom. The van der Waals surface area contributed by atoms with Crippen LogP contribution in [-0.4, -0.2) is 185 Å². The molecule has 0 bridgehead atoms. The average Bonchev–Trinajstić information content (AvgIpc) is 3.28. The van der Waals surface area contributed by atoms with Crippen molar-refractivity contribution in [3.8, 4) is 23.7 Å². The van der Waals surface area contributed by atoms with Crippen LogP contribution >= 0.6 is 0 Å². The first kappa shape index (κ1) is 62.7. The maximum absolute atomic E-state index is 13.7. The van der Waals surface area contributed by atoms with E-state index in [9.17, 15) is 57.5 Å². The molecule has 2 N–H and O–H groups in total. The molecule has 0 saturated carbocycles. The highest BCUT2D eigenvalue weighted by atomic mass is 16.8. The van der Waals surface area contributed by atoms with Crippen molar-refractivity contribution in [1.82, 2.24) is 10.6 Å². The molecule has 2 fully saturated rings. The molecule has 2 heterocycles. The first-order valence-electron chi connectivity index (χ1n) is 22.2. The predicted octanol–water partition coefficient (Wildman–Crippen LogP) is -1.93. The molecule has 2 amide bonds. The number of carbonyl (C=O) groups excluding carboxylic acids is 12. The highest BCUT2D eigenvalue weighted by molar-refractivity contribution is 5.80. The van der Waals surface area contributed by atoms with Crippen LogP contribution in [0.2, 0.25) is 0 Å². The van der Waals surface area contributed by atoms with Gasteiger partial charge in [-0.2, -0.15) is 0 Å². The standard InChI is InChI=1S/C46H60N2O26/c1-23(49)47-37-33(67-27(5)53)19-45(43(59)61-11,73-41(37)39(71-31(9)57)35(69-29(7)55)21-63-25(3)51)65-17-15-13-14-16-18-66-46(44(60)62-12)20-34(68-28(6)54)38(48-24(2)50)42(74-46)40(72-32(10)58)36(70-30(8)56)22-64-26(4)52/h33-42H,17-22H2,1-12H3,(H,47,49)(H,48,50)/t33-,34-,35+,36+,37+,38+,39+,40+,41+,42+,45-,46-/m0/s1. The maximum Gasteiger partial charge on any atom is 0.366 e. The molecular formula is C46H60N2O26. The van der Waals surface area contributed by atoms with Gasteiger partial charge in [-0.3, -0.25) is 47.9 Å². The first-order valence-corrected chi connectivity index (χ1v) is 22.2.